The number of halogens is 1. The molecule has 37 heavy (non-hydrogen) atoms. The lowest BCUT2D eigenvalue weighted by atomic mass is 10.1. The Labute approximate surface area is 220 Å². The van der Waals surface area contributed by atoms with Crippen LogP contribution in [-0.2, 0) is 14.2 Å². The Morgan fingerprint density at radius 2 is 1.62 bits per heavy atom. The average molecular weight is 569 g/mol. The van der Waals surface area contributed by atoms with Crippen LogP contribution in [0.2, 0.25) is 0 Å². The summed E-state index contributed by atoms with van der Waals surface area (Å²) < 4.78 is 18.4. The molecule has 9 nitrogen and oxygen atoms in total. The summed E-state index contributed by atoms with van der Waals surface area (Å²) in [6, 6.07) is 13.8. The molecule has 1 saturated heterocycles. The largest absolute Gasteiger partial charge is 0.459 e. The summed E-state index contributed by atoms with van der Waals surface area (Å²) in [6.45, 7) is 3.61. The van der Waals surface area contributed by atoms with Gasteiger partial charge in [0.05, 0.1) is 16.7 Å². The topological polar surface area (TPSA) is 117 Å². The highest BCUT2D eigenvalue weighted by molar-refractivity contribution is 9.11. The van der Waals surface area contributed by atoms with Crippen LogP contribution in [0.4, 0.5) is 0 Å². The van der Waals surface area contributed by atoms with Gasteiger partial charge in [0, 0.05) is 12.6 Å². The quantitative estimate of drug-likeness (QED) is 0.429. The van der Waals surface area contributed by atoms with E-state index in [-0.39, 0.29) is 18.6 Å². The van der Waals surface area contributed by atoms with Gasteiger partial charge in [0.25, 0.3) is 5.56 Å². The fourth-order valence-corrected chi connectivity index (χ4v) is 4.16. The molecule has 2 aromatic carbocycles. The number of hydrogen-bond acceptors (Lipinski definition) is 7. The molecule has 2 heterocycles. The minimum Gasteiger partial charge on any atom is -0.459 e. The smallest absolute Gasteiger partial charge is 0.338 e. The van der Waals surface area contributed by atoms with Gasteiger partial charge in [-0.25, -0.2) is 14.4 Å². The Morgan fingerprint density at radius 1 is 1.03 bits per heavy atom. The molecule has 3 aromatic rings. The second-order valence-corrected chi connectivity index (χ2v) is 9.21. The number of aromatic nitrogens is 2. The Morgan fingerprint density at radius 3 is 2.22 bits per heavy atom. The van der Waals surface area contributed by atoms with Gasteiger partial charge in [0.1, 0.15) is 25.0 Å². The summed E-state index contributed by atoms with van der Waals surface area (Å²) in [5.41, 5.74) is 1.72. The Balaban J connectivity index is 1.56. The monoisotopic (exact) mass is 568 g/mol. The number of carbonyl (C=O) groups is 2. The third-order valence-corrected chi connectivity index (χ3v) is 6.20. The van der Waals surface area contributed by atoms with Gasteiger partial charge < -0.3 is 14.2 Å². The zero-order valence-corrected chi connectivity index (χ0v) is 21.8. The van der Waals surface area contributed by atoms with Gasteiger partial charge in [-0.05, 0) is 49.2 Å². The summed E-state index contributed by atoms with van der Waals surface area (Å²) in [7, 11) is 0. The molecule has 1 aromatic heterocycles. The van der Waals surface area contributed by atoms with Crippen LogP contribution in [0.15, 0.2) is 69.3 Å². The first-order chi connectivity index (χ1) is 17.7. The highest BCUT2D eigenvalue weighted by Gasteiger charge is 2.40. The maximum absolute atomic E-state index is 12.8. The number of aryl methyl sites for hydroxylation is 2. The fraction of sp³-hybridized carbons (Fsp3) is 0.259. The average Bonchev–Trinajstić information content (AvgIpc) is 3.27. The van der Waals surface area contributed by atoms with E-state index in [9.17, 15) is 19.2 Å². The number of hydrogen-bond donors (Lipinski definition) is 1. The maximum atomic E-state index is 12.8. The number of aromatic amines is 1. The van der Waals surface area contributed by atoms with Gasteiger partial charge in [-0.3, -0.25) is 14.3 Å². The lowest BCUT2D eigenvalue weighted by Crippen LogP contribution is -2.33. The van der Waals surface area contributed by atoms with Crippen molar-refractivity contribution in [2.75, 3.05) is 6.61 Å². The second-order valence-electron chi connectivity index (χ2n) is 8.68. The van der Waals surface area contributed by atoms with Gasteiger partial charge >= 0.3 is 17.6 Å². The third kappa shape index (κ3) is 6.33. The molecule has 192 valence electrons. The highest BCUT2D eigenvalue weighted by Crippen LogP contribution is 2.31. The molecule has 1 N–H and O–H groups in total. The number of carbonyl (C=O) groups excluding carboxylic acids is 2. The molecular formula is C27H25BrN2O7. The van der Waals surface area contributed by atoms with Crippen LogP contribution in [0.25, 0.3) is 6.08 Å². The van der Waals surface area contributed by atoms with Crippen LogP contribution in [0, 0.1) is 13.8 Å². The van der Waals surface area contributed by atoms with Crippen molar-refractivity contribution in [3.05, 3.63) is 108 Å². The van der Waals surface area contributed by atoms with Gasteiger partial charge in [0.2, 0.25) is 0 Å². The molecule has 0 saturated carbocycles. The fourth-order valence-electron chi connectivity index (χ4n) is 3.87. The minimum atomic E-state index is -0.870. The van der Waals surface area contributed by atoms with Crippen molar-refractivity contribution in [3.8, 4) is 0 Å². The van der Waals surface area contributed by atoms with Crippen LogP contribution in [-0.4, -0.2) is 40.3 Å². The molecule has 10 heteroatoms. The van der Waals surface area contributed by atoms with Crippen molar-refractivity contribution in [3.63, 3.8) is 0 Å². The van der Waals surface area contributed by atoms with Crippen LogP contribution in [0.3, 0.4) is 0 Å². The molecule has 0 amide bonds. The van der Waals surface area contributed by atoms with E-state index in [1.54, 1.807) is 48.5 Å². The first-order valence-electron chi connectivity index (χ1n) is 11.5. The van der Waals surface area contributed by atoms with Crippen molar-refractivity contribution >= 4 is 33.9 Å². The predicted molar refractivity (Wildman–Crippen MR) is 140 cm³/mol. The molecule has 4 rings (SSSR count). The second kappa shape index (κ2) is 11.5. The summed E-state index contributed by atoms with van der Waals surface area (Å²) in [5, 5.41) is 0. The van der Waals surface area contributed by atoms with Crippen LogP contribution < -0.4 is 11.2 Å². The molecule has 0 bridgehead atoms. The van der Waals surface area contributed by atoms with E-state index in [0.29, 0.717) is 11.1 Å². The van der Waals surface area contributed by atoms with Crippen LogP contribution in [0.1, 0.15) is 50.1 Å². The predicted octanol–water partition coefficient (Wildman–Crippen LogP) is 3.89. The van der Waals surface area contributed by atoms with Crippen LogP contribution in [0.5, 0.6) is 0 Å². The van der Waals surface area contributed by atoms with Crippen molar-refractivity contribution in [1.82, 2.24) is 9.55 Å². The molecule has 1 aliphatic rings. The third-order valence-electron chi connectivity index (χ3n) is 5.94. The zero-order valence-electron chi connectivity index (χ0n) is 20.2. The molecule has 0 spiro atoms. The van der Waals surface area contributed by atoms with Gasteiger partial charge in [-0.15, -0.1) is 0 Å². The van der Waals surface area contributed by atoms with Crippen molar-refractivity contribution in [2.24, 2.45) is 0 Å². The first-order valence-corrected chi connectivity index (χ1v) is 12.5. The number of nitrogens with zero attached hydrogens (tertiary/aromatic N) is 1. The lowest BCUT2D eigenvalue weighted by molar-refractivity contribution is -0.0582. The Bertz CT molecular complexity index is 1420. The van der Waals surface area contributed by atoms with E-state index in [0.717, 1.165) is 11.1 Å². The SMILES string of the molecule is Cc1ccc(C(=O)OC[C@H]2O[C@@H](n3cc(C=CBr)c(=O)[nH]c3=O)C[C@@H]2OC(=O)c2ccc(C)cc2)cc1. The summed E-state index contributed by atoms with van der Waals surface area (Å²) in [4.78, 5) is 53.8. The molecule has 0 aliphatic carbocycles. The Kier molecular flexibility index (Phi) is 8.20. The number of esters is 2. The summed E-state index contributed by atoms with van der Waals surface area (Å²) in [6.07, 6.45) is 0.420. The summed E-state index contributed by atoms with van der Waals surface area (Å²) >= 11 is 3.12. The van der Waals surface area contributed by atoms with E-state index in [2.05, 4.69) is 20.9 Å². The lowest BCUT2D eigenvalue weighted by Gasteiger charge is -2.19. The van der Waals surface area contributed by atoms with Gasteiger partial charge in [0.15, 0.2) is 0 Å². The maximum Gasteiger partial charge on any atom is 0.338 e. The van der Waals surface area contributed by atoms with E-state index < -0.39 is 41.6 Å². The molecule has 0 radical (unpaired) electrons. The van der Waals surface area contributed by atoms with Crippen LogP contribution >= 0.6 is 15.9 Å². The molecule has 1 aliphatic heterocycles. The molecular weight excluding hydrogens is 544 g/mol. The number of rotatable bonds is 7. The minimum absolute atomic E-state index is 0.105. The van der Waals surface area contributed by atoms with E-state index in [1.807, 2.05) is 13.8 Å². The van der Waals surface area contributed by atoms with E-state index >= 15 is 0 Å². The Hall–Kier alpha value is -3.76. The van der Waals surface area contributed by atoms with E-state index in [4.69, 9.17) is 14.2 Å². The number of H-pyrrole nitrogens is 1. The van der Waals surface area contributed by atoms with Crippen molar-refractivity contribution in [1.29, 1.82) is 0 Å². The summed E-state index contributed by atoms with van der Waals surface area (Å²) in [5.74, 6) is -1.12. The normalized spacial score (nSPS) is 19.2. The number of benzene rings is 2. The zero-order chi connectivity index (χ0) is 26.5. The molecule has 0 unspecified atom stereocenters. The highest BCUT2D eigenvalue weighted by atomic mass is 79.9. The van der Waals surface area contributed by atoms with Gasteiger partial charge in [-0.2, -0.15) is 0 Å². The molecule has 3 atom stereocenters. The van der Waals surface area contributed by atoms with Crippen molar-refractivity contribution < 1.29 is 23.8 Å². The number of ether oxygens (including phenoxy) is 3. The standard InChI is InChI=1S/C27H25BrN2O7/c1-16-3-7-18(8-4-16)25(32)35-15-22-21(37-26(33)19-9-5-17(2)6-10-19)13-23(36-22)30-14-20(11-12-28)24(31)29-27(30)34/h3-12,14,21-23H,13,15H2,1-2H3,(H,29,31,34)/t21-,22+,23+/m0/s1. The van der Waals surface area contributed by atoms with Gasteiger partial charge in [-0.1, -0.05) is 51.3 Å². The first kappa shape index (κ1) is 26.3. The molecule has 1 fully saturated rings. The van der Waals surface area contributed by atoms with E-state index in [1.165, 1.54) is 21.8 Å². The number of nitrogens with one attached hydrogen (secondary N) is 1. The van der Waals surface area contributed by atoms with Crippen molar-refractivity contribution in [2.45, 2.75) is 38.7 Å².